The maximum Gasteiger partial charge on any atom is 0.00993 e. The molecule has 0 amide bonds. The number of hydrogen-bond donors (Lipinski definition) is 1. The van der Waals surface area contributed by atoms with E-state index < -0.39 is 0 Å². The Labute approximate surface area is 101 Å². The Hall–Kier alpha value is -0.0800. The third kappa shape index (κ3) is 4.06. The van der Waals surface area contributed by atoms with Gasteiger partial charge in [-0.2, -0.15) is 0 Å². The lowest BCUT2D eigenvalue weighted by Crippen LogP contribution is -2.39. The molecule has 0 aromatic heterocycles. The van der Waals surface area contributed by atoms with Crippen molar-refractivity contribution in [3.05, 3.63) is 0 Å². The van der Waals surface area contributed by atoms with E-state index in [4.69, 9.17) is 0 Å². The molecule has 0 heterocycles. The van der Waals surface area contributed by atoms with Crippen molar-refractivity contribution in [2.75, 3.05) is 13.1 Å². The topological polar surface area (TPSA) is 15.3 Å². The Morgan fingerprint density at radius 1 is 1.12 bits per heavy atom. The number of nitrogens with zero attached hydrogens (tertiary/aromatic N) is 1. The van der Waals surface area contributed by atoms with Crippen molar-refractivity contribution in [2.45, 2.75) is 71.0 Å². The van der Waals surface area contributed by atoms with Crippen molar-refractivity contribution in [1.29, 1.82) is 0 Å². The van der Waals surface area contributed by atoms with Crippen LogP contribution in [0.4, 0.5) is 0 Å². The van der Waals surface area contributed by atoms with Gasteiger partial charge in [-0.15, -0.1) is 0 Å². The minimum Gasteiger partial charge on any atom is -0.314 e. The highest BCUT2D eigenvalue weighted by Crippen LogP contribution is 2.30. The van der Waals surface area contributed by atoms with Crippen LogP contribution >= 0.6 is 0 Å². The zero-order valence-electron chi connectivity index (χ0n) is 11.2. The molecule has 2 heteroatoms. The van der Waals surface area contributed by atoms with Crippen LogP contribution in [0.15, 0.2) is 0 Å². The summed E-state index contributed by atoms with van der Waals surface area (Å²) in [4.78, 5) is 2.75. The molecule has 2 aliphatic rings. The van der Waals surface area contributed by atoms with Gasteiger partial charge in [0.2, 0.25) is 0 Å². The first-order chi connectivity index (χ1) is 7.66. The minimum atomic E-state index is 0.765. The molecular weight excluding hydrogens is 196 g/mol. The van der Waals surface area contributed by atoms with Gasteiger partial charge in [-0.1, -0.05) is 13.8 Å². The molecule has 0 aliphatic heterocycles. The maximum absolute atomic E-state index is 3.63. The van der Waals surface area contributed by atoms with Gasteiger partial charge < -0.3 is 5.32 Å². The Morgan fingerprint density at radius 2 is 1.81 bits per heavy atom. The second-order valence-electron chi connectivity index (χ2n) is 6.19. The molecule has 0 aromatic carbocycles. The lowest BCUT2D eigenvalue weighted by molar-refractivity contribution is 0.168. The van der Waals surface area contributed by atoms with Gasteiger partial charge in [0.1, 0.15) is 0 Å². The van der Waals surface area contributed by atoms with E-state index in [0.717, 1.165) is 24.0 Å². The summed E-state index contributed by atoms with van der Waals surface area (Å²) in [5, 5.41) is 3.63. The fourth-order valence-corrected chi connectivity index (χ4v) is 2.47. The average molecular weight is 224 g/mol. The Kier molecular flexibility index (Phi) is 4.26. The normalized spacial score (nSPS) is 23.1. The molecule has 0 saturated heterocycles. The summed E-state index contributed by atoms with van der Waals surface area (Å²) in [6.07, 6.45) is 7.01. The van der Waals surface area contributed by atoms with E-state index in [1.54, 1.807) is 0 Å². The fourth-order valence-electron chi connectivity index (χ4n) is 2.47. The summed E-state index contributed by atoms with van der Waals surface area (Å²) in [5.74, 6) is 0.805. The van der Waals surface area contributed by atoms with Gasteiger partial charge in [0, 0.05) is 24.7 Å². The van der Waals surface area contributed by atoms with Crippen LogP contribution in [0.5, 0.6) is 0 Å². The summed E-state index contributed by atoms with van der Waals surface area (Å²) >= 11 is 0. The first kappa shape index (κ1) is 12.4. The van der Waals surface area contributed by atoms with E-state index in [-0.39, 0.29) is 0 Å². The molecule has 0 aromatic rings. The molecule has 1 N–H and O–H groups in total. The molecule has 94 valence electrons. The molecule has 2 aliphatic carbocycles. The van der Waals surface area contributed by atoms with Crippen LogP contribution in [-0.2, 0) is 0 Å². The van der Waals surface area contributed by atoms with Gasteiger partial charge in [-0.25, -0.2) is 0 Å². The van der Waals surface area contributed by atoms with Crippen LogP contribution in [0.2, 0.25) is 0 Å². The van der Waals surface area contributed by atoms with Gasteiger partial charge in [0.15, 0.2) is 0 Å². The van der Waals surface area contributed by atoms with Crippen LogP contribution in [0.1, 0.15) is 52.9 Å². The molecule has 1 unspecified atom stereocenters. The number of hydrogen-bond acceptors (Lipinski definition) is 2. The van der Waals surface area contributed by atoms with Gasteiger partial charge in [-0.3, -0.25) is 4.90 Å². The lowest BCUT2D eigenvalue weighted by Gasteiger charge is -2.30. The molecule has 2 fully saturated rings. The monoisotopic (exact) mass is 224 g/mol. The number of nitrogens with one attached hydrogen (secondary N) is 1. The van der Waals surface area contributed by atoms with Crippen molar-refractivity contribution >= 4 is 0 Å². The Balaban J connectivity index is 1.67. The van der Waals surface area contributed by atoms with Crippen molar-refractivity contribution in [3.63, 3.8) is 0 Å². The Bertz CT molecular complexity index is 207. The van der Waals surface area contributed by atoms with E-state index in [9.17, 15) is 0 Å². The summed E-state index contributed by atoms with van der Waals surface area (Å²) in [6.45, 7) is 9.59. The van der Waals surface area contributed by atoms with Crippen LogP contribution in [-0.4, -0.2) is 36.1 Å². The third-order valence-electron chi connectivity index (χ3n) is 3.73. The molecule has 0 radical (unpaired) electrons. The lowest BCUT2D eigenvalue weighted by atomic mass is 10.1. The van der Waals surface area contributed by atoms with Gasteiger partial charge in [0.05, 0.1) is 0 Å². The Morgan fingerprint density at radius 3 is 2.31 bits per heavy atom. The highest BCUT2D eigenvalue weighted by molar-refractivity contribution is 4.88. The zero-order valence-corrected chi connectivity index (χ0v) is 11.2. The smallest absolute Gasteiger partial charge is 0.00993 e. The quantitative estimate of drug-likeness (QED) is 0.682. The van der Waals surface area contributed by atoms with Crippen molar-refractivity contribution in [1.82, 2.24) is 10.2 Å². The van der Waals surface area contributed by atoms with Gasteiger partial charge in [0.25, 0.3) is 0 Å². The zero-order chi connectivity index (χ0) is 11.5. The summed E-state index contributed by atoms with van der Waals surface area (Å²) in [7, 11) is 0. The van der Waals surface area contributed by atoms with Gasteiger partial charge >= 0.3 is 0 Å². The van der Waals surface area contributed by atoms with E-state index in [2.05, 4.69) is 31.0 Å². The minimum absolute atomic E-state index is 0.765. The third-order valence-corrected chi connectivity index (χ3v) is 3.73. The van der Waals surface area contributed by atoms with Crippen molar-refractivity contribution < 1.29 is 0 Å². The maximum atomic E-state index is 3.63. The predicted molar refractivity (Wildman–Crippen MR) is 69.7 cm³/mol. The molecule has 0 bridgehead atoms. The highest BCUT2D eigenvalue weighted by Gasteiger charge is 2.32. The standard InChI is InChI=1S/C14H28N2/c1-11(2)10-16(14-6-7-14)12(3)8-9-15-13-4-5-13/h11-15H,4-10H2,1-3H3. The molecule has 0 spiro atoms. The summed E-state index contributed by atoms with van der Waals surface area (Å²) in [5.41, 5.74) is 0. The first-order valence-corrected chi connectivity index (χ1v) is 7.16. The van der Waals surface area contributed by atoms with Gasteiger partial charge in [-0.05, 0) is 51.5 Å². The molecule has 1 atom stereocenters. The second-order valence-corrected chi connectivity index (χ2v) is 6.19. The van der Waals surface area contributed by atoms with Crippen LogP contribution in [0.25, 0.3) is 0 Å². The molecular formula is C14H28N2. The molecule has 16 heavy (non-hydrogen) atoms. The second kappa shape index (κ2) is 5.50. The van der Waals surface area contributed by atoms with E-state index in [0.29, 0.717) is 0 Å². The summed E-state index contributed by atoms with van der Waals surface area (Å²) in [6, 6.07) is 2.55. The van der Waals surface area contributed by atoms with Crippen LogP contribution in [0, 0.1) is 5.92 Å². The molecule has 2 nitrogen and oxygen atoms in total. The SMILES string of the molecule is CC(C)CN(C(C)CCNC1CC1)C1CC1. The molecule has 2 saturated carbocycles. The fraction of sp³-hybridized carbons (Fsp3) is 1.00. The predicted octanol–water partition coefficient (Wildman–Crippen LogP) is 2.64. The number of rotatable bonds is 8. The average Bonchev–Trinajstić information content (AvgIpc) is 3.06. The van der Waals surface area contributed by atoms with Crippen LogP contribution in [0.3, 0.4) is 0 Å². The van der Waals surface area contributed by atoms with Crippen molar-refractivity contribution in [2.24, 2.45) is 5.92 Å². The first-order valence-electron chi connectivity index (χ1n) is 7.16. The van der Waals surface area contributed by atoms with Crippen LogP contribution < -0.4 is 5.32 Å². The largest absolute Gasteiger partial charge is 0.314 e. The van der Waals surface area contributed by atoms with E-state index >= 15 is 0 Å². The highest BCUT2D eigenvalue weighted by atomic mass is 15.2. The molecule has 2 rings (SSSR count). The van der Waals surface area contributed by atoms with Crippen molar-refractivity contribution in [3.8, 4) is 0 Å². The summed E-state index contributed by atoms with van der Waals surface area (Å²) < 4.78 is 0. The van der Waals surface area contributed by atoms with E-state index in [1.807, 2.05) is 0 Å². The van der Waals surface area contributed by atoms with E-state index in [1.165, 1.54) is 45.2 Å².